The second-order valence-corrected chi connectivity index (χ2v) is 3.12. The molecule has 2 unspecified atom stereocenters. The molecule has 5 nitrogen and oxygen atoms in total. The van der Waals surface area contributed by atoms with Crippen LogP contribution in [0.5, 0.6) is 0 Å². The van der Waals surface area contributed by atoms with Crippen LogP contribution in [0.25, 0.3) is 0 Å². The Morgan fingerprint density at radius 3 is 1.00 bits per heavy atom. The van der Waals surface area contributed by atoms with Gasteiger partial charge in [0.15, 0.2) is 0 Å². The third-order valence-electron chi connectivity index (χ3n) is 1.29. The number of hydrogen-bond acceptors (Lipinski definition) is 5. The molecule has 0 aliphatic rings. The first-order valence-electron chi connectivity index (χ1n) is 4.83. The Bertz CT molecular complexity index is 81.9. The number of hydrogen-bond donors (Lipinski definition) is 5. The maximum atomic E-state index is 7.17. The predicted octanol–water partition coefficient (Wildman–Crippen LogP) is -0.565. The van der Waals surface area contributed by atoms with Gasteiger partial charge in [-0.3, -0.25) is 0 Å². The topological polar surface area (TPSA) is 113 Å². The van der Waals surface area contributed by atoms with Crippen molar-refractivity contribution in [1.29, 1.82) is 0 Å². The minimum atomic E-state index is -2.17. The molecule has 0 aromatic carbocycles. The van der Waals surface area contributed by atoms with Crippen molar-refractivity contribution in [2.75, 3.05) is 0 Å². The molecule has 14 heavy (non-hydrogen) atoms. The molecular weight excluding hydrogens is 183 g/mol. The molecule has 0 fully saturated rings. The van der Waals surface area contributed by atoms with Crippen LogP contribution in [-0.2, 0) is 0 Å². The quantitative estimate of drug-likeness (QED) is 0.390. The minimum Gasteiger partial charge on any atom is -0.402 e. The smallest absolute Gasteiger partial charge is 0.402 e. The van der Waals surface area contributed by atoms with E-state index >= 15 is 0 Å². The fourth-order valence-electron chi connectivity index (χ4n) is 0. The summed E-state index contributed by atoms with van der Waals surface area (Å²) in [6, 6.07) is 0.769. The van der Waals surface area contributed by atoms with Crippen molar-refractivity contribution in [1.82, 2.24) is 0 Å². The molecule has 0 saturated carbocycles. The SMILES string of the molecule is CCC(C)N.CCC(C)N.OB(O)O. The minimum absolute atomic E-state index is 0.384. The summed E-state index contributed by atoms with van der Waals surface area (Å²) in [6.45, 7) is 8.15. The number of nitrogens with two attached hydrogens (primary N) is 2. The Kier molecular flexibility index (Phi) is 21.3. The van der Waals surface area contributed by atoms with Gasteiger partial charge in [-0.2, -0.15) is 0 Å². The van der Waals surface area contributed by atoms with Crippen LogP contribution < -0.4 is 11.5 Å². The van der Waals surface area contributed by atoms with Crippen LogP contribution in [0.1, 0.15) is 40.5 Å². The van der Waals surface area contributed by atoms with E-state index in [4.69, 9.17) is 26.5 Å². The third-order valence-corrected chi connectivity index (χ3v) is 1.29. The Labute approximate surface area is 87.3 Å². The molecule has 0 aliphatic heterocycles. The van der Waals surface area contributed by atoms with E-state index in [2.05, 4.69) is 13.8 Å². The van der Waals surface area contributed by atoms with Crippen molar-refractivity contribution < 1.29 is 15.1 Å². The van der Waals surface area contributed by atoms with E-state index < -0.39 is 7.32 Å². The lowest BCUT2D eigenvalue weighted by Gasteiger charge is -1.91. The zero-order valence-corrected chi connectivity index (χ0v) is 9.64. The fraction of sp³-hybridized carbons (Fsp3) is 1.00. The van der Waals surface area contributed by atoms with E-state index in [1.54, 1.807) is 0 Å². The van der Waals surface area contributed by atoms with Gasteiger partial charge in [-0.15, -0.1) is 0 Å². The van der Waals surface area contributed by atoms with Gasteiger partial charge in [0.25, 0.3) is 0 Å². The van der Waals surface area contributed by atoms with Crippen LogP contribution in [0.15, 0.2) is 0 Å². The van der Waals surface area contributed by atoms with Gasteiger partial charge in [-0.1, -0.05) is 13.8 Å². The van der Waals surface area contributed by atoms with E-state index in [-0.39, 0.29) is 0 Å². The van der Waals surface area contributed by atoms with Gasteiger partial charge >= 0.3 is 7.32 Å². The molecule has 0 amide bonds. The summed E-state index contributed by atoms with van der Waals surface area (Å²) in [7, 11) is -2.17. The summed E-state index contributed by atoms with van der Waals surface area (Å²) in [5.41, 5.74) is 10.6. The molecule has 0 rings (SSSR count). The molecule has 0 radical (unpaired) electrons. The summed E-state index contributed by atoms with van der Waals surface area (Å²) in [6.07, 6.45) is 2.17. The van der Waals surface area contributed by atoms with Crippen LogP contribution in [0, 0.1) is 0 Å². The lowest BCUT2D eigenvalue weighted by atomic mass is 10.3. The van der Waals surface area contributed by atoms with Crippen molar-refractivity contribution in [3.05, 3.63) is 0 Å². The van der Waals surface area contributed by atoms with Crippen LogP contribution >= 0.6 is 0 Å². The van der Waals surface area contributed by atoms with Crippen molar-refractivity contribution in [2.24, 2.45) is 11.5 Å². The van der Waals surface area contributed by atoms with Gasteiger partial charge in [0.05, 0.1) is 0 Å². The summed E-state index contributed by atoms with van der Waals surface area (Å²) in [5.74, 6) is 0. The molecule has 0 heterocycles. The van der Waals surface area contributed by atoms with Gasteiger partial charge in [-0.25, -0.2) is 0 Å². The van der Waals surface area contributed by atoms with Crippen LogP contribution in [-0.4, -0.2) is 34.5 Å². The molecule has 0 aromatic heterocycles. The van der Waals surface area contributed by atoms with Crippen molar-refractivity contribution in [3.8, 4) is 0 Å². The first-order valence-corrected chi connectivity index (χ1v) is 4.83. The fourth-order valence-corrected chi connectivity index (χ4v) is 0. The van der Waals surface area contributed by atoms with Crippen LogP contribution in [0.4, 0.5) is 0 Å². The van der Waals surface area contributed by atoms with Gasteiger partial charge in [0, 0.05) is 12.1 Å². The zero-order valence-electron chi connectivity index (χ0n) is 9.64. The normalized spacial score (nSPS) is 12.6. The highest BCUT2D eigenvalue weighted by molar-refractivity contribution is 6.30. The van der Waals surface area contributed by atoms with Crippen LogP contribution in [0.2, 0.25) is 0 Å². The average Bonchev–Trinajstić information content (AvgIpc) is 2.04. The molecule has 7 N–H and O–H groups in total. The molecule has 0 aliphatic carbocycles. The summed E-state index contributed by atoms with van der Waals surface area (Å²) < 4.78 is 0. The Hall–Kier alpha value is -0.135. The summed E-state index contributed by atoms with van der Waals surface area (Å²) in [5, 5.41) is 21.5. The van der Waals surface area contributed by atoms with Gasteiger partial charge in [0.2, 0.25) is 0 Å². The van der Waals surface area contributed by atoms with E-state index in [1.165, 1.54) is 0 Å². The second kappa shape index (κ2) is 15.3. The molecule has 0 spiro atoms. The van der Waals surface area contributed by atoms with Crippen molar-refractivity contribution in [3.63, 3.8) is 0 Å². The van der Waals surface area contributed by atoms with Gasteiger partial charge < -0.3 is 26.5 Å². The first-order chi connectivity index (χ1) is 6.27. The average molecular weight is 208 g/mol. The summed E-state index contributed by atoms with van der Waals surface area (Å²) >= 11 is 0. The van der Waals surface area contributed by atoms with Gasteiger partial charge in [-0.05, 0) is 26.7 Å². The molecular formula is C8H25BN2O3. The first kappa shape index (κ1) is 19.4. The highest BCUT2D eigenvalue weighted by Gasteiger charge is 1.92. The molecule has 0 bridgehead atoms. The Morgan fingerprint density at radius 2 is 1.00 bits per heavy atom. The predicted molar refractivity (Wildman–Crippen MR) is 60.3 cm³/mol. The van der Waals surface area contributed by atoms with Crippen molar-refractivity contribution in [2.45, 2.75) is 52.6 Å². The standard InChI is InChI=1S/2C4H11N.BH3O3/c2*1-3-4(2)5;2-1(3)4/h2*4H,3,5H2,1-2H3;2-4H. The maximum absolute atomic E-state index is 7.17. The van der Waals surface area contributed by atoms with Gasteiger partial charge in [0.1, 0.15) is 0 Å². The third kappa shape index (κ3) is 93.8. The Morgan fingerprint density at radius 1 is 0.929 bits per heavy atom. The molecule has 2 atom stereocenters. The Balaban J connectivity index is -0.000000131. The molecule has 0 aromatic rings. The van der Waals surface area contributed by atoms with E-state index in [9.17, 15) is 0 Å². The lowest BCUT2D eigenvalue weighted by molar-refractivity contribution is 0.278. The van der Waals surface area contributed by atoms with E-state index in [0.717, 1.165) is 12.8 Å². The lowest BCUT2D eigenvalue weighted by Crippen LogP contribution is -2.11. The van der Waals surface area contributed by atoms with E-state index in [0.29, 0.717) is 12.1 Å². The number of rotatable bonds is 2. The monoisotopic (exact) mass is 208 g/mol. The highest BCUT2D eigenvalue weighted by Crippen LogP contribution is 1.77. The summed E-state index contributed by atoms with van der Waals surface area (Å²) in [4.78, 5) is 0. The molecule has 0 saturated heterocycles. The molecule has 6 heteroatoms. The second-order valence-electron chi connectivity index (χ2n) is 3.12. The van der Waals surface area contributed by atoms with E-state index in [1.807, 2.05) is 13.8 Å². The van der Waals surface area contributed by atoms with Crippen LogP contribution in [0.3, 0.4) is 0 Å². The van der Waals surface area contributed by atoms with Crippen molar-refractivity contribution >= 4 is 7.32 Å². The highest BCUT2D eigenvalue weighted by atomic mass is 16.5. The molecule has 88 valence electrons. The largest absolute Gasteiger partial charge is 0.631 e. The maximum Gasteiger partial charge on any atom is 0.631 e. The zero-order chi connectivity index (χ0) is 12.1.